The summed E-state index contributed by atoms with van der Waals surface area (Å²) in [5, 5.41) is 2.84. The minimum Gasteiger partial charge on any atom is -0.324 e. The van der Waals surface area contributed by atoms with Crippen LogP contribution in [0.5, 0.6) is 0 Å². The molecule has 1 atom stereocenters. The molecule has 0 saturated carbocycles. The number of likely N-dealkylation sites (N-methyl/N-ethyl adjacent to an activating group) is 1. The molecule has 1 fully saturated rings. The maximum atomic E-state index is 14.6. The number of anilines is 2. The fraction of sp³-hybridized carbons (Fsp3) is 0.364. The number of hydrogen-bond acceptors (Lipinski definition) is 3. The highest BCUT2D eigenvalue weighted by Gasteiger charge is 2.27. The lowest BCUT2D eigenvalue weighted by Crippen LogP contribution is -2.37. The van der Waals surface area contributed by atoms with Crippen LogP contribution in [0.25, 0.3) is 0 Å². The van der Waals surface area contributed by atoms with Gasteiger partial charge >= 0.3 is 0 Å². The summed E-state index contributed by atoms with van der Waals surface area (Å²) in [7, 11) is 0. The van der Waals surface area contributed by atoms with Gasteiger partial charge in [-0.15, -0.1) is 0 Å². The van der Waals surface area contributed by atoms with Crippen molar-refractivity contribution in [3.05, 3.63) is 59.9 Å². The van der Waals surface area contributed by atoms with Crippen molar-refractivity contribution >= 4 is 23.2 Å². The number of carbonyl (C=O) groups excluding carboxylic acids is 2. The highest BCUT2D eigenvalue weighted by atomic mass is 19.1. The summed E-state index contributed by atoms with van der Waals surface area (Å²) in [6.45, 7) is 5.98. The molecule has 6 heteroatoms. The molecule has 28 heavy (non-hydrogen) atoms. The van der Waals surface area contributed by atoms with E-state index in [0.29, 0.717) is 31.7 Å². The van der Waals surface area contributed by atoms with Crippen molar-refractivity contribution in [2.75, 3.05) is 29.9 Å². The van der Waals surface area contributed by atoms with E-state index in [0.717, 1.165) is 12.0 Å². The summed E-state index contributed by atoms with van der Waals surface area (Å²) in [5.74, 6) is -0.784. The van der Waals surface area contributed by atoms with E-state index in [4.69, 9.17) is 0 Å². The number of hydrogen-bond donors (Lipinski definition) is 1. The Morgan fingerprint density at radius 3 is 2.46 bits per heavy atom. The molecular formula is C22H26FN3O2. The van der Waals surface area contributed by atoms with Gasteiger partial charge in [0.15, 0.2) is 0 Å². The van der Waals surface area contributed by atoms with Crippen molar-refractivity contribution in [1.29, 1.82) is 0 Å². The molecule has 0 radical (unpaired) electrons. The first-order valence-electron chi connectivity index (χ1n) is 9.75. The summed E-state index contributed by atoms with van der Waals surface area (Å²) in [5.41, 5.74) is 1.54. The van der Waals surface area contributed by atoms with Gasteiger partial charge in [0.1, 0.15) is 11.9 Å². The smallest absolute Gasteiger partial charge is 0.246 e. The van der Waals surface area contributed by atoms with Crippen LogP contribution in [0, 0.1) is 5.82 Å². The average molecular weight is 383 g/mol. The Morgan fingerprint density at radius 1 is 1.18 bits per heavy atom. The molecular weight excluding hydrogens is 357 g/mol. The van der Waals surface area contributed by atoms with Crippen LogP contribution in [0.15, 0.2) is 48.5 Å². The Bertz CT molecular complexity index is 837. The van der Waals surface area contributed by atoms with Crippen LogP contribution < -0.4 is 10.2 Å². The average Bonchev–Trinajstić information content (AvgIpc) is 3.12. The van der Waals surface area contributed by atoms with Gasteiger partial charge in [-0.3, -0.25) is 14.5 Å². The van der Waals surface area contributed by atoms with E-state index in [9.17, 15) is 14.0 Å². The van der Waals surface area contributed by atoms with Gasteiger partial charge in [0, 0.05) is 18.7 Å². The fourth-order valence-corrected chi connectivity index (χ4v) is 3.67. The number of amides is 2. The zero-order valence-electron chi connectivity index (χ0n) is 16.3. The third-order valence-corrected chi connectivity index (χ3v) is 5.12. The maximum absolute atomic E-state index is 14.6. The number of nitrogens with zero attached hydrogens (tertiary/aromatic N) is 2. The van der Waals surface area contributed by atoms with Crippen molar-refractivity contribution in [2.24, 2.45) is 0 Å². The van der Waals surface area contributed by atoms with E-state index in [1.54, 1.807) is 12.1 Å². The third kappa shape index (κ3) is 4.22. The summed E-state index contributed by atoms with van der Waals surface area (Å²) < 4.78 is 14.6. The molecule has 0 aliphatic carbocycles. The second kappa shape index (κ2) is 8.97. The molecule has 5 nitrogen and oxygen atoms in total. The highest BCUT2D eigenvalue weighted by Crippen LogP contribution is 2.28. The van der Waals surface area contributed by atoms with Crippen molar-refractivity contribution in [3.63, 3.8) is 0 Å². The minimum absolute atomic E-state index is 0.0682. The molecule has 0 spiro atoms. The van der Waals surface area contributed by atoms with Gasteiger partial charge in [-0.25, -0.2) is 4.39 Å². The number of rotatable bonds is 7. The Hall–Kier alpha value is -2.73. The zero-order valence-corrected chi connectivity index (χ0v) is 16.3. The van der Waals surface area contributed by atoms with Crippen LogP contribution in [-0.2, 0) is 9.59 Å². The Labute approximate surface area is 165 Å². The molecule has 1 unspecified atom stereocenters. The van der Waals surface area contributed by atoms with Crippen LogP contribution in [0.1, 0.15) is 38.3 Å². The van der Waals surface area contributed by atoms with Crippen molar-refractivity contribution in [3.8, 4) is 0 Å². The second-order valence-corrected chi connectivity index (χ2v) is 6.84. The first-order chi connectivity index (χ1) is 13.5. The van der Waals surface area contributed by atoms with E-state index < -0.39 is 11.9 Å². The molecule has 3 rings (SSSR count). The molecule has 1 N–H and O–H groups in total. The summed E-state index contributed by atoms with van der Waals surface area (Å²) in [6, 6.07) is 13.6. The van der Waals surface area contributed by atoms with Crippen molar-refractivity contribution in [1.82, 2.24) is 4.90 Å². The highest BCUT2D eigenvalue weighted by molar-refractivity contribution is 5.97. The Balaban J connectivity index is 1.81. The number of benzene rings is 2. The lowest BCUT2D eigenvalue weighted by molar-refractivity contribution is -0.121. The molecule has 2 aromatic rings. The largest absolute Gasteiger partial charge is 0.324 e. The van der Waals surface area contributed by atoms with E-state index in [2.05, 4.69) is 10.2 Å². The Kier molecular flexibility index (Phi) is 6.41. The maximum Gasteiger partial charge on any atom is 0.246 e. The number of nitrogens with one attached hydrogen (secondary N) is 1. The zero-order chi connectivity index (χ0) is 20.1. The van der Waals surface area contributed by atoms with Crippen LogP contribution in [0.3, 0.4) is 0 Å². The minimum atomic E-state index is -0.507. The van der Waals surface area contributed by atoms with Crippen LogP contribution in [0.4, 0.5) is 15.8 Å². The molecule has 0 bridgehead atoms. The standard InChI is InChI=1S/C22H26FN3O2/c1-3-25(4-2)21(16-9-6-5-7-10-16)22(28)24-17-12-13-19(18(23)15-17)26-14-8-11-20(26)27/h5-7,9-10,12-13,15,21H,3-4,8,11,14H2,1-2H3,(H,24,28). The topological polar surface area (TPSA) is 52.7 Å². The van der Waals surface area contributed by atoms with Gasteiger partial charge in [-0.05, 0) is 43.3 Å². The van der Waals surface area contributed by atoms with Gasteiger partial charge in [0.05, 0.1) is 5.69 Å². The monoisotopic (exact) mass is 383 g/mol. The fourth-order valence-electron chi connectivity index (χ4n) is 3.67. The molecule has 1 heterocycles. The van der Waals surface area contributed by atoms with E-state index in [1.807, 2.05) is 44.2 Å². The predicted octanol–water partition coefficient (Wildman–Crippen LogP) is 3.97. The van der Waals surface area contributed by atoms with Crippen LogP contribution in [0.2, 0.25) is 0 Å². The first kappa shape index (κ1) is 20.0. The summed E-state index contributed by atoms with van der Waals surface area (Å²) in [4.78, 5) is 28.4. The van der Waals surface area contributed by atoms with Crippen molar-refractivity contribution < 1.29 is 14.0 Å². The lowest BCUT2D eigenvalue weighted by Gasteiger charge is -2.29. The summed E-state index contributed by atoms with van der Waals surface area (Å²) >= 11 is 0. The number of carbonyl (C=O) groups is 2. The second-order valence-electron chi connectivity index (χ2n) is 6.84. The molecule has 1 aliphatic rings. The SMILES string of the molecule is CCN(CC)C(C(=O)Nc1ccc(N2CCCC2=O)c(F)c1)c1ccccc1. The number of halogens is 1. The van der Waals surface area contributed by atoms with Gasteiger partial charge < -0.3 is 10.2 Å². The van der Waals surface area contributed by atoms with Gasteiger partial charge in [-0.2, -0.15) is 0 Å². The molecule has 0 aromatic heterocycles. The lowest BCUT2D eigenvalue weighted by atomic mass is 10.0. The normalized spacial score (nSPS) is 15.1. The quantitative estimate of drug-likeness (QED) is 0.787. The first-order valence-corrected chi connectivity index (χ1v) is 9.75. The molecule has 2 aromatic carbocycles. The molecule has 1 aliphatic heterocycles. The van der Waals surface area contributed by atoms with E-state index in [-0.39, 0.29) is 17.5 Å². The Morgan fingerprint density at radius 2 is 1.89 bits per heavy atom. The molecule has 148 valence electrons. The summed E-state index contributed by atoms with van der Waals surface area (Å²) in [6.07, 6.45) is 1.18. The van der Waals surface area contributed by atoms with Crippen LogP contribution >= 0.6 is 0 Å². The molecule has 1 saturated heterocycles. The predicted molar refractivity (Wildman–Crippen MR) is 109 cm³/mol. The van der Waals surface area contributed by atoms with Crippen LogP contribution in [-0.4, -0.2) is 36.3 Å². The van der Waals surface area contributed by atoms with Gasteiger partial charge in [-0.1, -0.05) is 44.2 Å². The van der Waals surface area contributed by atoms with Gasteiger partial charge in [0.2, 0.25) is 11.8 Å². The third-order valence-electron chi connectivity index (χ3n) is 5.12. The van der Waals surface area contributed by atoms with Crippen molar-refractivity contribution in [2.45, 2.75) is 32.7 Å². The van der Waals surface area contributed by atoms with Gasteiger partial charge in [0.25, 0.3) is 0 Å². The van der Waals surface area contributed by atoms with E-state index in [1.165, 1.54) is 11.0 Å². The molecule has 2 amide bonds. The van der Waals surface area contributed by atoms with E-state index >= 15 is 0 Å².